The minimum atomic E-state index is -0.805. The van der Waals surface area contributed by atoms with Gasteiger partial charge in [0.2, 0.25) is 0 Å². The van der Waals surface area contributed by atoms with Crippen LogP contribution in [0.25, 0.3) is 0 Å². The van der Waals surface area contributed by atoms with Crippen molar-refractivity contribution in [2.45, 2.75) is 11.0 Å². The van der Waals surface area contributed by atoms with Crippen LogP contribution in [0.5, 0.6) is 0 Å². The molecule has 0 aliphatic heterocycles. The number of ether oxygens (including phenoxy) is 1. The number of hydrogen-bond acceptors (Lipinski definition) is 6. The number of methoxy groups -OCH3 is 1. The number of esters is 1. The largest absolute Gasteiger partial charge is 0.465 e. The van der Waals surface area contributed by atoms with Gasteiger partial charge in [-0.05, 0) is 28.1 Å². The third kappa shape index (κ3) is 3.88. The van der Waals surface area contributed by atoms with Gasteiger partial charge >= 0.3 is 5.97 Å². The Hall–Kier alpha value is -0.760. The van der Waals surface area contributed by atoms with Gasteiger partial charge < -0.3 is 20.7 Å². The second kappa shape index (κ2) is 6.98. The Morgan fingerprint density at radius 1 is 1.61 bits per heavy atom. The number of aliphatic hydroxyl groups excluding tert-OH is 2. The maximum atomic E-state index is 11.5. The van der Waals surface area contributed by atoms with Gasteiger partial charge in [-0.2, -0.15) is 0 Å². The molecule has 18 heavy (non-hydrogen) atoms. The Bertz CT molecular complexity index is 441. The van der Waals surface area contributed by atoms with Crippen molar-refractivity contribution in [3.05, 3.63) is 22.2 Å². The molecule has 0 spiro atoms. The highest BCUT2D eigenvalue weighted by atomic mass is 79.9. The zero-order chi connectivity index (χ0) is 13.7. The fourth-order valence-electron chi connectivity index (χ4n) is 1.20. The number of halogens is 1. The summed E-state index contributed by atoms with van der Waals surface area (Å²) < 4.78 is 5.35. The van der Waals surface area contributed by atoms with Crippen molar-refractivity contribution in [3.8, 4) is 0 Å². The summed E-state index contributed by atoms with van der Waals surface area (Å²) in [4.78, 5) is 12.2. The summed E-state index contributed by atoms with van der Waals surface area (Å²) in [5.74, 6) is -0.191. The van der Waals surface area contributed by atoms with E-state index in [9.17, 15) is 9.90 Å². The monoisotopic (exact) mass is 335 g/mol. The van der Waals surface area contributed by atoms with Crippen molar-refractivity contribution in [2.24, 2.45) is 0 Å². The SMILES string of the molecule is COC(=O)c1cc(SCC(O)CO)c(Br)cc1N. The standard InChI is InChI=1S/C11H14BrNO4S/c1-17-11(16)7-2-10(8(12)3-9(7)13)18-5-6(15)4-14/h2-3,6,14-15H,4-5,13H2,1H3. The van der Waals surface area contributed by atoms with E-state index in [1.54, 1.807) is 12.1 Å². The predicted molar refractivity (Wildman–Crippen MR) is 73.7 cm³/mol. The van der Waals surface area contributed by atoms with E-state index in [0.717, 1.165) is 9.37 Å². The molecular formula is C11H14BrNO4S. The molecule has 5 nitrogen and oxygen atoms in total. The first-order valence-electron chi connectivity index (χ1n) is 5.08. The van der Waals surface area contributed by atoms with E-state index >= 15 is 0 Å². The van der Waals surface area contributed by atoms with Crippen LogP contribution < -0.4 is 5.73 Å². The second-order valence-corrected chi connectivity index (χ2v) is 5.43. The maximum absolute atomic E-state index is 11.5. The quantitative estimate of drug-likeness (QED) is 0.426. The first kappa shape index (κ1) is 15.3. The third-order valence-corrected chi connectivity index (χ3v) is 4.27. The van der Waals surface area contributed by atoms with Gasteiger partial charge in [-0.3, -0.25) is 0 Å². The van der Waals surface area contributed by atoms with E-state index in [-0.39, 0.29) is 12.2 Å². The smallest absolute Gasteiger partial charge is 0.339 e. The first-order chi connectivity index (χ1) is 8.49. The number of rotatable bonds is 5. The van der Waals surface area contributed by atoms with Gasteiger partial charge in [0.05, 0.1) is 25.4 Å². The lowest BCUT2D eigenvalue weighted by atomic mass is 10.2. The molecule has 0 heterocycles. The van der Waals surface area contributed by atoms with Crippen molar-refractivity contribution in [2.75, 3.05) is 25.2 Å². The van der Waals surface area contributed by atoms with E-state index in [2.05, 4.69) is 20.7 Å². The van der Waals surface area contributed by atoms with Gasteiger partial charge in [0.15, 0.2) is 0 Å². The molecule has 7 heteroatoms. The molecule has 0 bridgehead atoms. The average molecular weight is 336 g/mol. The molecule has 0 fully saturated rings. The number of carbonyl (C=O) groups excluding carboxylic acids is 1. The Balaban J connectivity index is 2.94. The summed E-state index contributed by atoms with van der Waals surface area (Å²) in [5, 5.41) is 18.0. The van der Waals surface area contributed by atoms with E-state index < -0.39 is 12.1 Å². The Kier molecular flexibility index (Phi) is 5.94. The molecule has 0 aromatic heterocycles. The van der Waals surface area contributed by atoms with Gasteiger partial charge in [-0.1, -0.05) is 0 Å². The van der Waals surface area contributed by atoms with Gasteiger partial charge in [-0.25, -0.2) is 4.79 Å². The van der Waals surface area contributed by atoms with E-state index in [4.69, 9.17) is 10.8 Å². The molecule has 4 N–H and O–H groups in total. The number of nitrogen functional groups attached to an aromatic ring is 1. The number of anilines is 1. The van der Waals surface area contributed by atoms with Gasteiger partial charge in [0.1, 0.15) is 0 Å². The topological polar surface area (TPSA) is 92.8 Å². The number of benzene rings is 1. The summed E-state index contributed by atoms with van der Waals surface area (Å²) in [5.41, 5.74) is 6.32. The third-order valence-electron chi connectivity index (χ3n) is 2.15. The Labute approximate surface area is 117 Å². The van der Waals surface area contributed by atoms with Crippen LogP contribution in [0.1, 0.15) is 10.4 Å². The molecule has 1 rings (SSSR count). The highest BCUT2D eigenvalue weighted by Gasteiger charge is 2.14. The van der Waals surface area contributed by atoms with Crippen molar-refractivity contribution >= 4 is 39.3 Å². The Morgan fingerprint density at radius 2 is 2.28 bits per heavy atom. The second-order valence-electron chi connectivity index (χ2n) is 3.51. The van der Waals surface area contributed by atoms with Crippen LogP contribution in [0, 0.1) is 0 Å². The Morgan fingerprint density at radius 3 is 2.83 bits per heavy atom. The molecule has 100 valence electrons. The van der Waals surface area contributed by atoms with Gasteiger partial charge in [0.25, 0.3) is 0 Å². The van der Waals surface area contributed by atoms with E-state index in [1.807, 2.05) is 0 Å². The molecule has 0 radical (unpaired) electrons. The van der Waals surface area contributed by atoms with Crippen LogP contribution in [0.3, 0.4) is 0 Å². The molecular weight excluding hydrogens is 322 g/mol. The summed E-state index contributed by atoms with van der Waals surface area (Å²) in [6, 6.07) is 3.21. The van der Waals surface area contributed by atoms with Crippen molar-refractivity contribution < 1.29 is 19.7 Å². The molecule has 0 aliphatic rings. The van der Waals surface area contributed by atoms with Crippen LogP contribution in [0.15, 0.2) is 21.5 Å². The lowest BCUT2D eigenvalue weighted by molar-refractivity contribution is 0.0601. The number of nitrogens with two attached hydrogens (primary N) is 1. The maximum Gasteiger partial charge on any atom is 0.339 e. The van der Waals surface area contributed by atoms with Crippen molar-refractivity contribution in [1.82, 2.24) is 0 Å². The summed E-state index contributed by atoms with van der Waals surface area (Å²) >= 11 is 4.64. The van der Waals surface area contributed by atoms with Gasteiger partial charge in [-0.15, -0.1) is 11.8 Å². The minimum absolute atomic E-state index is 0.279. The lowest BCUT2D eigenvalue weighted by Crippen LogP contribution is -2.14. The van der Waals surface area contributed by atoms with Crippen LogP contribution in [0.4, 0.5) is 5.69 Å². The minimum Gasteiger partial charge on any atom is -0.465 e. The van der Waals surface area contributed by atoms with Crippen LogP contribution in [0.2, 0.25) is 0 Å². The first-order valence-corrected chi connectivity index (χ1v) is 6.86. The highest BCUT2D eigenvalue weighted by molar-refractivity contribution is 9.10. The average Bonchev–Trinajstić information content (AvgIpc) is 2.36. The molecule has 1 atom stereocenters. The van der Waals surface area contributed by atoms with Crippen LogP contribution >= 0.6 is 27.7 Å². The van der Waals surface area contributed by atoms with Gasteiger partial charge in [0, 0.05) is 20.8 Å². The summed E-state index contributed by atoms with van der Waals surface area (Å²) in [6.45, 7) is -0.302. The summed E-state index contributed by atoms with van der Waals surface area (Å²) in [7, 11) is 1.28. The zero-order valence-electron chi connectivity index (χ0n) is 9.72. The number of thioether (sulfide) groups is 1. The van der Waals surface area contributed by atoms with Crippen LogP contribution in [-0.2, 0) is 4.74 Å². The molecule has 0 saturated heterocycles. The molecule has 0 aliphatic carbocycles. The molecule has 1 aromatic rings. The van der Waals surface area contributed by atoms with Crippen molar-refractivity contribution in [3.63, 3.8) is 0 Å². The lowest BCUT2D eigenvalue weighted by Gasteiger charge is -2.11. The number of carbonyl (C=O) groups is 1. The van der Waals surface area contributed by atoms with Crippen molar-refractivity contribution in [1.29, 1.82) is 0 Å². The highest BCUT2D eigenvalue weighted by Crippen LogP contribution is 2.32. The summed E-state index contributed by atoms with van der Waals surface area (Å²) in [6.07, 6.45) is -0.805. The normalized spacial score (nSPS) is 12.2. The fraction of sp³-hybridized carbons (Fsp3) is 0.364. The van der Waals surface area contributed by atoms with E-state index in [0.29, 0.717) is 11.4 Å². The zero-order valence-corrected chi connectivity index (χ0v) is 12.1. The fourth-order valence-corrected chi connectivity index (χ4v) is 2.78. The molecule has 1 aromatic carbocycles. The van der Waals surface area contributed by atoms with Crippen LogP contribution in [-0.4, -0.2) is 41.8 Å². The molecule has 1 unspecified atom stereocenters. The number of aliphatic hydroxyl groups is 2. The van der Waals surface area contributed by atoms with E-state index in [1.165, 1.54) is 18.9 Å². The predicted octanol–water partition coefficient (Wildman–Crippen LogP) is 1.26. The molecule has 0 amide bonds. The number of hydrogen-bond donors (Lipinski definition) is 3. The molecule has 0 saturated carbocycles.